The summed E-state index contributed by atoms with van der Waals surface area (Å²) in [6.45, 7) is 0. The number of ether oxygens (including phenoxy) is 1. The first-order chi connectivity index (χ1) is 8.88. The fraction of sp³-hybridized carbons (Fsp3) is 0.0625. The molecule has 0 bridgehead atoms. The molecule has 0 saturated carbocycles. The van der Waals surface area contributed by atoms with Gasteiger partial charge in [-0.05, 0) is 24.3 Å². The Morgan fingerprint density at radius 3 is 2.44 bits per heavy atom. The number of methoxy groups -OCH3 is 1. The SMILES string of the molecule is COc1cccc2nc(-c3ccccc3)ccc12. The molecule has 0 radical (unpaired) electrons. The number of hydrogen-bond acceptors (Lipinski definition) is 2. The summed E-state index contributed by atoms with van der Waals surface area (Å²) in [5.41, 5.74) is 3.06. The van der Waals surface area contributed by atoms with Gasteiger partial charge in [0.05, 0.1) is 18.3 Å². The average molecular weight is 235 g/mol. The molecule has 2 nitrogen and oxygen atoms in total. The summed E-state index contributed by atoms with van der Waals surface area (Å²) in [6, 6.07) is 20.2. The van der Waals surface area contributed by atoms with Crippen molar-refractivity contribution in [1.29, 1.82) is 0 Å². The number of rotatable bonds is 2. The minimum absolute atomic E-state index is 0.861. The topological polar surface area (TPSA) is 22.1 Å². The summed E-state index contributed by atoms with van der Waals surface area (Å²) in [6.07, 6.45) is 0. The van der Waals surface area contributed by atoms with Gasteiger partial charge < -0.3 is 4.74 Å². The van der Waals surface area contributed by atoms with E-state index in [1.807, 2.05) is 42.5 Å². The third-order valence-electron chi connectivity index (χ3n) is 2.98. The molecule has 0 aliphatic carbocycles. The molecule has 3 rings (SSSR count). The van der Waals surface area contributed by atoms with Gasteiger partial charge in [0, 0.05) is 10.9 Å². The van der Waals surface area contributed by atoms with E-state index in [0.717, 1.165) is 27.9 Å². The molecule has 1 aromatic heterocycles. The highest BCUT2D eigenvalue weighted by Gasteiger charge is 2.04. The summed E-state index contributed by atoms with van der Waals surface area (Å²) in [7, 11) is 1.68. The molecule has 0 saturated heterocycles. The molecule has 0 aliphatic heterocycles. The number of nitrogens with zero attached hydrogens (tertiary/aromatic N) is 1. The maximum atomic E-state index is 5.33. The van der Waals surface area contributed by atoms with Gasteiger partial charge >= 0.3 is 0 Å². The molecular weight excluding hydrogens is 222 g/mol. The number of pyridine rings is 1. The molecule has 3 aromatic rings. The van der Waals surface area contributed by atoms with Gasteiger partial charge in [-0.1, -0.05) is 36.4 Å². The first-order valence-electron chi connectivity index (χ1n) is 5.87. The van der Waals surface area contributed by atoms with Crippen LogP contribution in [-0.2, 0) is 0 Å². The maximum absolute atomic E-state index is 5.33. The van der Waals surface area contributed by atoms with E-state index in [4.69, 9.17) is 4.74 Å². The molecule has 0 atom stereocenters. The zero-order valence-electron chi connectivity index (χ0n) is 10.1. The van der Waals surface area contributed by atoms with Crippen molar-refractivity contribution in [1.82, 2.24) is 4.98 Å². The Kier molecular flexibility index (Phi) is 2.69. The van der Waals surface area contributed by atoms with Gasteiger partial charge in [-0.15, -0.1) is 0 Å². The smallest absolute Gasteiger partial charge is 0.128 e. The van der Waals surface area contributed by atoms with Crippen LogP contribution in [0.4, 0.5) is 0 Å². The molecule has 2 aromatic carbocycles. The lowest BCUT2D eigenvalue weighted by atomic mass is 10.1. The third kappa shape index (κ3) is 1.82. The quantitative estimate of drug-likeness (QED) is 0.671. The lowest BCUT2D eigenvalue weighted by Crippen LogP contribution is -1.88. The van der Waals surface area contributed by atoms with E-state index in [0.29, 0.717) is 0 Å². The molecule has 2 heteroatoms. The highest BCUT2D eigenvalue weighted by Crippen LogP contribution is 2.26. The molecule has 0 amide bonds. The van der Waals surface area contributed by atoms with Crippen LogP contribution in [0.25, 0.3) is 22.2 Å². The molecule has 18 heavy (non-hydrogen) atoms. The van der Waals surface area contributed by atoms with Crippen molar-refractivity contribution in [3.63, 3.8) is 0 Å². The molecule has 0 N–H and O–H groups in total. The minimum atomic E-state index is 0.861. The van der Waals surface area contributed by atoms with Gasteiger partial charge in [0.15, 0.2) is 0 Å². The Morgan fingerprint density at radius 2 is 1.67 bits per heavy atom. The molecular formula is C16H13NO. The van der Waals surface area contributed by atoms with E-state index in [-0.39, 0.29) is 0 Å². The zero-order valence-corrected chi connectivity index (χ0v) is 10.1. The third-order valence-corrected chi connectivity index (χ3v) is 2.98. The fourth-order valence-corrected chi connectivity index (χ4v) is 2.07. The number of fused-ring (bicyclic) bond motifs is 1. The van der Waals surface area contributed by atoms with Crippen LogP contribution in [0.2, 0.25) is 0 Å². The van der Waals surface area contributed by atoms with E-state index in [2.05, 4.69) is 23.2 Å². The summed E-state index contributed by atoms with van der Waals surface area (Å²) in [5.74, 6) is 0.861. The molecule has 0 aliphatic rings. The van der Waals surface area contributed by atoms with Gasteiger partial charge in [-0.2, -0.15) is 0 Å². The Bertz CT molecular complexity index is 677. The van der Waals surface area contributed by atoms with E-state index < -0.39 is 0 Å². The van der Waals surface area contributed by atoms with Crippen LogP contribution in [0.3, 0.4) is 0 Å². The Hall–Kier alpha value is -2.35. The molecule has 88 valence electrons. The monoisotopic (exact) mass is 235 g/mol. The lowest BCUT2D eigenvalue weighted by molar-refractivity contribution is 0.420. The van der Waals surface area contributed by atoms with E-state index >= 15 is 0 Å². The number of hydrogen-bond donors (Lipinski definition) is 0. The van der Waals surface area contributed by atoms with E-state index in [9.17, 15) is 0 Å². The standard InChI is InChI=1S/C16H13NO/c1-18-16-9-5-8-15-13(16)10-11-14(17-15)12-6-3-2-4-7-12/h2-11H,1H3. The van der Waals surface area contributed by atoms with Crippen LogP contribution in [-0.4, -0.2) is 12.1 Å². The Labute approximate surface area is 106 Å². The van der Waals surface area contributed by atoms with Crippen molar-refractivity contribution in [2.24, 2.45) is 0 Å². The number of aromatic nitrogens is 1. The van der Waals surface area contributed by atoms with Crippen molar-refractivity contribution in [3.8, 4) is 17.0 Å². The van der Waals surface area contributed by atoms with Gasteiger partial charge in [0.2, 0.25) is 0 Å². The second kappa shape index (κ2) is 4.49. The summed E-state index contributed by atoms with van der Waals surface area (Å²) in [4.78, 5) is 4.67. The molecule has 0 fully saturated rings. The van der Waals surface area contributed by atoms with Crippen molar-refractivity contribution >= 4 is 10.9 Å². The maximum Gasteiger partial charge on any atom is 0.128 e. The van der Waals surface area contributed by atoms with Crippen molar-refractivity contribution in [3.05, 3.63) is 60.7 Å². The summed E-state index contributed by atoms with van der Waals surface area (Å²) >= 11 is 0. The fourth-order valence-electron chi connectivity index (χ4n) is 2.07. The average Bonchev–Trinajstić information content (AvgIpc) is 2.47. The predicted octanol–water partition coefficient (Wildman–Crippen LogP) is 3.91. The molecule has 0 spiro atoms. The van der Waals surface area contributed by atoms with E-state index in [1.54, 1.807) is 7.11 Å². The van der Waals surface area contributed by atoms with Crippen molar-refractivity contribution < 1.29 is 4.74 Å². The largest absolute Gasteiger partial charge is 0.496 e. The zero-order chi connectivity index (χ0) is 12.4. The summed E-state index contributed by atoms with van der Waals surface area (Å²) < 4.78 is 5.33. The number of benzene rings is 2. The van der Waals surface area contributed by atoms with Crippen LogP contribution in [0.1, 0.15) is 0 Å². The van der Waals surface area contributed by atoms with Crippen LogP contribution in [0.5, 0.6) is 5.75 Å². The first kappa shape index (κ1) is 10.8. The lowest BCUT2D eigenvalue weighted by Gasteiger charge is -2.06. The highest BCUT2D eigenvalue weighted by molar-refractivity contribution is 5.87. The first-order valence-corrected chi connectivity index (χ1v) is 5.87. The minimum Gasteiger partial charge on any atom is -0.496 e. The van der Waals surface area contributed by atoms with Gasteiger partial charge in [-0.3, -0.25) is 0 Å². The second-order valence-corrected chi connectivity index (χ2v) is 4.09. The highest BCUT2D eigenvalue weighted by atomic mass is 16.5. The Morgan fingerprint density at radius 1 is 0.833 bits per heavy atom. The van der Waals surface area contributed by atoms with Crippen molar-refractivity contribution in [2.75, 3.05) is 7.11 Å². The predicted molar refractivity (Wildman–Crippen MR) is 73.7 cm³/mol. The molecule has 0 unspecified atom stereocenters. The van der Waals surface area contributed by atoms with Gasteiger partial charge in [0.25, 0.3) is 0 Å². The molecule has 1 heterocycles. The van der Waals surface area contributed by atoms with Crippen molar-refractivity contribution in [2.45, 2.75) is 0 Å². The second-order valence-electron chi connectivity index (χ2n) is 4.09. The van der Waals surface area contributed by atoms with Crippen LogP contribution in [0.15, 0.2) is 60.7 Å². The van der Waals surface area contributed by atoms with Crippen LogP contribution >= 0.6 is 0 Å². The van der Waals surface area contributed by atoms with Crippen LogP contribution in [0, 0.1) is 0 Å². The summed E-state index contributed by atoms with van der Waals surface area (Å²) in [5, 5.41) is 1.04. The van der Waals surface area contributed by atoms with E-state index in [1.165, 1.54) is 0 Å². The normalized spacial score (nSPS) is 10.5. The Balaban J connectivity index is 2.18. The van der Waals surface area contributed by atoms with Gasteiger partial charge in [0.1, 0.15) is 5.75 Å². The van der Waals surface area contributed by atoms with Gasteiger partial charge in [-0.25, -0.2) is 4.98 Å². The van der Waals surface area contributed by atoms with Crippen LogP contribution < -0.4 is 4.74 Å².